The zero-order valence-electron chi connectivity index (χ0n) is 13.1. The highest BCUT2D eigenvalue weighted by molar-refractivity contribution is 7.92. The Bertz CT molecular complexity index is 962. The molecule has 1 heterocycles. The number of halogens is 1. The Morgan fingerprint density at radius 1 is 1.00 bits per heavy atom. The Labute approximate surface area is 145 Å². The number of nitrogens with one attached hydrogen (secondary N) is 1. The van der Waals surface area contributed by atoms with Gasteiger partial charge in [-0.05, 0) is 43.3 Å². The largest absolute Gasteiger partial charge is 0.446 e. The molecule has 0 atom stereocenters. The second-order valence-corrected chi connectivity index (χ2v) is 7.39. The molecule has 0 bridgehead atoms. The first kappa shape index (κ1) is 16.5. The van der Waals surface area contributed by atoms with E-state index in [4.69, 9.17) is 16.0 Å². The van der Waals surface area contributed by atoms with Gasteiger partial charge in [0.25, 0.3) is 10.0 Å². The molecule has 0 spiro atoms. The molecule has 0 amide bonds. The van der Waals surface area contributed by atoms with E-state index >= 15 is 0 Å². The van der Waals surface area contributed by atoms with Gasteiger partial charge in [-0.3, -0.25) is 4.72 Å². The molecule has 5 nitrogen and oxygen atoms in total. The highest BCUT2D eigenvalue weighted by Crippen LogP contribution is 2.25. The first-order valence-corrected chi connectivity index (χ1v) is 9.04. The number of oxazole rings is 1. The predicted octanol–water partition coefficient (Wildman–Crippen LogP) is 4.41. The lowest BCUT2D eigenvalue weighted by Gasteiger charge is -2.08. The zero-order chi connectivity index (χ0) is 17.3. The fraction of sp³-hybridized carbons (Fsp3) is 0.118. The Hall–Kier alpha value is -2.31. The van der Waals surface area contributed by atoms with Gasteiger partial charge in [-0.15, -0.1) is 0 Å². The van der Waals surface area contributed by atoms with Crippen molar-refractivity contribution in [3.8, 4) is 11.3 Å². The third kappa shape index (κ3) is 3.44. The average Bonchev–Trinajstić information content (AvgIpc) is 2.88. The van der Waals surface area contributed by atoms with Crippen LogP contribution >= 0.6 is 11.6 Å². The molecule has 24 heavy (non-hydrogen) atoms. The third-order valence-corrected chi connectivity index (χ3v) is 5.09. The van der Waals surface area contributed by atoms with Crippen molar-refractivity contribution in [2.45, 2.75) is 18.7 Å². The summed E-state index contributed by atoms with van der Waals surface area (Å²) >= 11 is 5.80. The van der Waals surface area contributed by atoms with Crippen molar-refractivity contribution in [2.24, 2.45) is 0 Å². The molecule has 0 aliphatic heterocycles. The molecule has 0 saturated heterocycles. The van der Waals surface area contributed by atoms with Crippen molar-refractivity contribution < 1.29 is 12.8 Å². The number of hydrogen-bond donors (Lipinski definition) is 1. The minimum atomic E-state index is -3.67. The van der Waals surface area contributed by atoms with Crippen LogP contribution in [0, 0.1) is 13.8 Å². The average molecular weight is 363 g/mol. The van der Waals surface area contributed by atoms with Crippen molar-refractivity contribution in [2.75, 3.05) is 4.72 Å². The minimum Gasteiger partial charge on any atom is -0.446 e. The summed E-state index contributed by atoms with van der Waals surface area (Å²) < 4.78 is 32.8. The Morgan fingerprint density at radius 3 is 2.17 bits per heavy atom. The van der Waals surface area contributed by atoms with E-state index in [1.807, 2.05) is 6.92 Å². The molecule has 0 aliphatic rings. The van der Waals surface area contributed by atoms with Crippen LogP contribution in [0.15, 0.2) is 57.8 Å². The van der Waals surface area contributed by atoms with Crippen LogP contribution in [-0.4, -0.2) is 13.4 Å². The van der Waals surface area contributed by atoms with E-state index in [0.29, 0.717) is 28.1 Å². The van der Waals surface area contributed by atoms with E-state index in [1.165, 1.54) is 12.1 Å². The van der Waals surface area contributed by atoms with Crippen molar-refractivity contribution >= 4 is 27.3 Å². The van der Waals surface area contributed by atoms with Crippen LogP contribution in [0.3, 0.4) is 0 Å². The molecule has 124 valence electrons. The summed E-state index contributed by atoms with van der Waals surface area (Å²) in [5.41, 5.74) is 1.96. The Kier molecular flexibility index (Phi) is 4.34. The van der Waals surface area contributed by atoms with E-state index in [9.17, 15) is 8.42 Å². The van der Waals surface area contributed by atoms with Crippen LogP contribution in [0.2, 0.25) is 5.02 Å². The lowest BCUT2D eigenvalue weighted by molar-refractivity contribution is 0.495. The van der Waals surface area contributed by atoms with Gasteiger partial charge in [-0.1, -0.05) is 23.7 Å². The van der Waals surface area contributed by atoms with Gasteiger partial charge >= 0.3 is 0 Å². The van der Waals surface area contributed by atoms with Gasteiger partial charge in [0.05, 0.1) is 4.90 Å². The van der Waals surface area contributed by atoms with Gasteiger partial charge < -0.3 is 4.42 Å². The maximum atomic E-state index is 12.4. The summed E-state index contributed by atoms with van der Waals surface area (Å²) in [4.78, 5) is 4.47. The Balaban J connectivity index is 1.86. The summed E-state index contributed by atoms with van der Waals surface area (Å²) in [6, 6.07) is 13.0. The van der Waals surface area contributed by atoms with Gasteiger partial charge in [0.2, 0.25) is 0 Å². The standard InChI is InChI=1S/C17H15ClN2O3S/c1-11-17(19-12(2)23-11)13-3-9-16(10-4-13)24(21,22)20-15-7-5-14(18)6-8-15/h3-10,20H,1-2H3. The number of hydrogen-bond acceptors (Lipinski definition) is 4. The quantitative estimate of drug-likeness (QED) is 0.746. The highest BCUT2D eigenvalue weighted by Gasteiger charge is 2.15. The summed E-state index contributed by atoms with van der Waals surface area (Å²) in [5.74, 6) is 1.27. The van der Waals surface area contributed by atoms with Gasteiger partial charge in [-0.25, -0.2) is 13.4 Å². The second-order valence-electron chi connectivity index (χ2n) is 5.27. The predicted molar refractivity (Wildman–Crippen MR) is 93.7 cm³/mol. The topological polar surface area (TPSA) is 72.2 Å². The number of nitrogens with zero attached hydrogens (tertiary/aromatic N) is 1. The fourth-order valence-electron chi connectivity index (χ4n) is 2.32. The van der Waals surface area contributed by atoms with Gasteiger partial charge in [-0.2, -0.15) is 0 Å². The lowest BCUT2D eigenvalue weighted by atomic mass is 10.1. The van der Waals surface area contributed by atoms with Gasteiger partial charge in [0.15, 0.2) is 5.89 Å². The maximum absolute atomic E-state index is 12.4. The highest BCUT2D eigenvalue weighted by atomic mass is 35.5. The number of benzene rings is 2. The summed E-state index contributed by atoms with van der Waals surface area (Å²) in [5, 5.41) is 0.542. The smallest absolute Gasteiger partial charge is 0.261 e. The van der Waals surface area contributed by atoms with E-state index < -0.39 is 10.0 Å². The number of aromatic nitrogens is 1. The molecule has 1 N–H and O–H groups in total. The van der Waals surface area contributed by atoms with Crippen molar-refractivity contribution in [3.63, 3.8) is 0 Å². The molecule has 1 aromatic heterocycles. The van der Waals surface area contributed by atoms with Crippen molar-refractivity contribution in [1.82, 2.24) is 4.98 Å². The third-order valence-electron chi connectivity index (χ3n) is 3.44. The monoisotopic (exact) mass is 362 g/mol. The number of anilines is 1. The van der Waals surface area contributed by atoms with Crippen LogP contribution in [0.25, 0.3) is 11.3 Å². The summed E-state index contributed by atoms with van der Waals surface area (Å²) in [6.45, 7) is 3.59. The first-order valence-electron chi connectivity index (χ1n) is 7.18. The summed E-state index contributed by atoms with van der Waals surface area (Å²) in [6.07, 6.45) is 0. The van der Waals surface area contributed by atoms with Crippen molar-refractivity contribution in [3.05, 3.63) is 65.2 Å². The van der Waals surface area contributed by atoms with Crippen LogP contribution < -0.4 is 4.72 Å². The molecule has 3 rings (SSSR count). The summed E-state index contributed by atoms with van der Waals surface area (Å²) in [7, 11) is -3.67. The first-order chi connectivity index (χ1) is 11.3. The molecule has 2 aromatic carbocycles. The molecule has 3 aromatic rings. The molecule has 0 radical (unpaired) electrons. The van der Waals surface area contributed by atoms with Crippen LogP contribution in [0.4, 0.5) is 5.69 Å². The maximum Gasteiger partial charge on any atom is 0.261 e. The van der Waals surface area contributed by atoms with E-state index in [0.717, 1.165) is 5.56 Å². The Morgan fingerprint density at radius 2 is 1.62 bits per heavy atom. The van der Waals surface area contributed by atoms with Crippen molar-refractivity contribution in [1.29, 1.82) is 0 Å². The number of aryl methyl sites for hydroxylation is 2. The molecular weight excluding hydrogens is 348 g/mol. The lowest BCUT2D eigenvalue weighted by Crippen LogP contribution is -2.12. The molecular formula is C17H15ClN2O3S. The van der Waals surface area contributed by atoms with E-state index in [-0.39, 0.29) is 4.90 Å². The van der Waals surface area contributed by atoms with Crippen LogP contribution in [0.1, 0.15) is 11.7 Å². The van der Waals surface area contributed by atoms with Gasteiger partial charge in [0, 0.05) is 23.2 Å². The molecule has 0 unspecified atom stereocenters. The molecule has 0 saturated carbocycles. The normalized spacial score (nSPS) is 11.5. The van der Waals surface area contributed by atoms with Crippen LogP contribution in [0.5, 0.6) is 0 Å². The van der Waals surface area contributed by atoms with E-state index in [2.05, 4.69) is 9.71 Å². The zero-order valence-corrected chi connectivity index (χ0v) is 14.6. The SMILES string of the molecule is Cc1nc(-c2ccc(S(=O)(=O)Nc3ccc(Cl)cc3)cc2)c(C)o1. The number of sulfonamides is 1. The fourth-order valence-corrected chi connectivity index (χ4v) is 3.51. The minimum absolute atomic E-state index is 0.166. The molecule has 0 fully saturated rings. The molecule has 7 heteroatoms. The number of rotatable bonds is 4. The second kappa shape index (κ2) is 6.30. The van der Waals surface area contributed by atoms with E-state index in [1.54, 1.807) is 43.3 Å². The van der Waals surface area contributed by atoms with Gasteiger partial charge in [0.1, 0.15) is 11.5 Å². The molecule has 0 aliphatic carbocycles. The van der Waals surface area contributed by atoms with Crippen LogP contribution in [-0.2, 0) is 10.0 Å².